The summed E-state index contributed by atoms with van der Waals surface area (Å²) in [4.78, 5) is 28.5. The Labute approximate surface area is 173 Å². The van der Waals surface area contributed by atoms with Gasteiger partial charge in [0.1, 0.15) is 6.04 Å². The molecule has 2 N–H and O–H groups in total. The Morgan fingerprint density at radius 1 is 1.13 bits per heavy atom. The molecule has 1 unspecified atom stereocenters. The van der Waals surface area contributed by atoms with Gasteiger partial charge in [0.15, 0.2) is 0 Å². The molecule has 1 atom stereocenters. The fraction of sp³-hybridized carbons (Fsp3) is 0.174. The molecule has 7 heteroatoms. The Balaban J connectivity index is 1.57. The fourth-order valence-electron chi connectivity index (χ4n) is 3.55. The van der Waals surface area contributed by atoms with E-state index < -0.39 is 12.0 Å². The van der Waals surface area contributed by atoms with Gasteiger partial charge in [-0.3, -0.25) is 4.79 Å². The molecule has 2 heterocycles. The summed E-state index contributed by atoms with van der Waals surface area (Å²) in [6.07, 6.45) is 3.68. The first-order valence-corrected chi connectivity index (χ1v) is 9.62. The van der Waals surface area contributed by atoms with E-state index in [4.69, 9.17) is 4.74 Å². The molecule has 0 radical (unpaired) electrons. The molecule has 2 aromatic heterocycles. The Hall–Kier alpha value is -3.87. The molecule has 4 aromatic rings. The van der Waals surface area contributed by atoms with Crippen molar-refractivity contribution >= 4 is 22.8 Å². The Morgan fingerprint density at radius 2 is 1.87 bits per heavy atom. The lowest BCUT2D eigenvalue weighted by molar-refractivity contribution is -0.142. The molecule has 0 fully saturated rings. The first kappa shape index (κ1) is 19.4. The lowest BCUT2D eigenvalue weighted by Gasteiger charge is -2.16. The fourth-order valence-corrected chi connectivity index (χ4v) is 3.55. The maximum atomic E-state index is 13.0. The number of methoxy groups -OCH3 is 1. The average Bonchev–Trinajstić information content (AvgIpc) is 3.37. The van der Waals surface area contributed by atoms with E-state index in [0.717, 1.165) is 22.2 Å². The van der Waals surface area contributed by atoms with Crippen LogP contribution in [0.2, 0.25) is 0 Å². The predicted molar refractivity (Wildman–Crippen MR) is 114 cm³/mol. The van der Waals surface area contributed by atoms with E-state index in [9.17, 15) is 9.59 Å². The average molecular weight is 402 g/mol. The number of benzene rings is 2. The highest BCUT2D eigenvalue weighted by atomic mass is 16.5. The summed E-state index contributed by atoms with van der Waals surface area (Å²) in [6, 6.07) is 16.6. The number of nitrogens with one attached hydrogen (secondary N) is 2. The minimum atomic E-state index is -0.818. The number of amides is 1. The number of hydrogen-bond acceptors (Lipinski definition) is 4. The monoisotopic (exact) mass is 402 g/mol. The Kier molecular flexibility index (Phi) is 5.34. The van der Waals surface area contributed by atoms with Crippen molar-refractivity contribution in [1.29, 1.82) is 0 Å². The maximum absolute atomic E-state index is 13.0. The van der Waals surface area contributed by atoms with Crippen LogP contribution in [-0.4, -0.2) is 39.8 Å². The molecule has 0 aliphatic heterocycles. The molecule has 0 saturated heterocycles. The predicted octanol–water partition coefficient (Wildman–Crippen LogP) is 3.18. The number of para-hydroxylation sites is 2. The number of ether oxygens (including phenoxy) is 1. The number of hydrogen-bond donors (Lipinski definition) is 2. The van der Waals surface area contributed by atoms with Gasteiger partial charge in [-0.15, -0.1) is 0 Å². The van der Waals surface area contributed by atoms with E-state index in [1.165, 1.54) is 13.3 Å². The highest BCUT2D eigenvalue weighted by Gasteiger charge is 2.25. The molecule has 0 saturated carbocycles. The van der Waals surface area contributed by atoms with Crippen molar-refractivity contribution < 1.29 is 14.3 Å². The number of carbonyl (C=O) groups is 2. The number of carbonyl (C=O) groups excluding carboxylic acids is 2. The van der Waals surface area contributed by atoms with Gasteiger partial charge < -0.3 is 15.0 Å². The quantitative estimate of drug-likeness (QED) is 0.485. The van der Waals surface area contributed by atoms with Gasteiger partial charge in [0.05, 0.1) is 30.3 Å². The summed E-state index contributed by atoms with van der Waals surface area (Å²) >= 11 is 0. The van der Waals surface area contributed by atoms with Crippen LogP contribution in [0.1, 0.15) is 21.6 Å². The zero-order chi connectivity index (χ0) is 21.1. The molecular weight excluding hydrogens is 380 g/mol. The molecule has 30 heavy (non-hydrogen) atoms. The van der Waals surface area contributed by atoms with E-state index in [1.807, 2.05) is 67.7 Å². The minimum absolute atomic E-state index is 0.314. The highest BCUT2D eigenvalue weighted by Crippen LogP contribution is 2.20. The van der Waals surface area contributed by atoms with Gasteiger partial charge in [0, 0.05) is 23.5 Å². The normalized spacial score (nSPS) is 11.9. The second-order valence-electron chi connectivity index (χ2n) is 7.00. The molecular formula is C23H22N4O3. The molecule has 152 valence electrons. The van der Waals surface area contributed by atoms with Crippen LogP contribution in [0.5, 0.6) is 0 Å². The van der Waals surface area contributed by atoms with Crippen molar-refractivity contribution in [2.75, 3.05) is 7.11 Å². The molecule has 0 aliphatic carbocycles. The van der Waals surface area contributed by atoms with Crippen molar-refractivity contribution in [3.05, 3.63) is 83.8 Å². The van der Waals surface area contributed by atoms with E-state index in [0.29, 0.717) is 17.7 Å². The highest BCUT2D eigenvalue weighted by molar-refractivity contribution is 5.98. The van der Waals surface area contributed by atoms with Gasteiger partial charge in [-0.2, -0.15) is 5.10 Å². The summed E-state index contributed by atoms with van der Waals surface area (Å²) < 4.78 is 6.63. The zero-order valence-corrected chi connectivity index (χ0v) is 16.8. The van der Waals surface area contributed by atoms with Crippen LogP contribution in [0, 0.1) is 6.92 Å². The largest absolute Gasteiger partial charge is 0.467 e. The lowest BCUT2D eigenvalue weighted by Crippen LogP contribution is -2.43. The van der Waals surface area contributed by atoms with Gasteiger partial charge in [-0.05, 0) is 30.7 Å². The van der Waals surface area contributed by atoms with Gasteiger partial charge in [-0.25, -0.2) is 9.48 Å². The van der Waals surface area contributed by atoms with Gasteiger partial charge >= 0.3 is 5.97 Å². The smallest absolute Gasteiger partial charge is 0.328 e. The third-order valence-corrected chi connectivity index (χ3v) is 5.15. The van der Waals surface area contributed by atoms with Crippen molar-refractivity contribution in [2.24, 2.45) is 0 Å². The van der Waals surface area contributed by atoms with Gasteiger partial charge in [-0.1, -0.05) is 36.4 Å². The van der Waals surface area contributed by atoms with Crippen molar-refractivity contribution in [3.63, 3.8) is 0 Å². The number of nitrogens with zero attached hydrogens (tertiary/aromatic N) is 2. The number of rotatable bonds is 6. The molecule has 1 amide bonds. The van der Waals surface area contributed by atoms with Crippen LogP contribution in [-0.2, 0) is 16.0 Å². The van der Waals surface area contributed by atoms with E-state index in [2.05, 4.69) is 15.4 Å². The Bertz CT molecular complexity index is 1190. The maximum Gasteiger partial charge on any atom is 0.328 e. The summed E-state index contributed by atoms with van der Waals surface area (Å²) in [5.74, 6) is -0.869. The first-order chi connectivity index (χ1) is 14.6. The van der Waals surface area contributed by atoms with E-state index in [1.54, 1.807) is 4.68 Å². The van der Waals surface area contributed by atoms with Gasteiger partial charge in [0.2, 0.25) is 0 Å². The first-order valence-electron chi connectivity index (χ1n) is 9.62. The molecule has 4 rings (SSSR count). The molecule has 0 spiro atoms. The van der Waals surface area contributed by atoms with Crippen LogP contribution in [0.15, 0.2) is 67.0 Å². The number of fused-ring (bicyclic) bond motifs is 1. The molecule has 7 nitrogen and oxygen atoms in total. The SMILES string of the molecule is COC(=O)C(Cc1c[nH]c2ccccc12)NC(=O)c1cnn(-c2ccccc2)c1C. The van der Waals surface area contributed by atoms with Crippen LogP contribution in [0.4, 0.5) is 0 Å². The van der Waals surface area contributed by atoms with Crippen molar-refractivity contribution in [2.45, 2.75) is 19.4 Å². The lowest BCUT2D eigenvalue weighted by atomic mass is 10.0. The molecule has 0 aliphatic rings. The van der Waals surface area contributed by atoms with Crippen LogP contribution in [0.25, 0.3) is 16.6 Å². The van der Waals surface area contributed by atoms with Crippen LogP contribution < -0.4 is 5.32 Å². The number of esters is 1. The summed E-state index contributed by atoms with van der Waals surface area (Å²) in [5.41, 5.74) is 3.86. The third kappa shape index (κ3) is 3.69. The molecule has 2 aromatic carbocycles. The third-order valence-electron chi connectivity index (χ3n) is 5.15. The van der Waals surface area contributed by atoms with E-state index in [-0.39, 0.29) is 5.91 Å². The topological polar surface area (TPSA) is 89.0 Å². The van der Waals surface area contributed by atoms with Crippen LogP contribution in [0.3, 0.4) is 0 Å². The minimum Gasteiger partial charge on any atom is -0.467 e. The van der Waals surface area contributed by atoms with Gasteiger partial charge in [0.25, 0.3) is 5.91 Å². The van der Waals surface area contributed by atoms with Crippen LogP contribution >= 0.6 is 0 Å². The zero-order valence-electron chi connectivity index (χ0n) is 16.8. The summed E-state index contributed by atoms with van der Waals surface area (Å²) in [7, 11) is 1.31. The Morgan fingerprint density at radius 3 is 2.63 bits per heavy atom. The number of H-pyrrole nitrogens is 1. The summed E-state index contributed by atoms with van der Waals surface area (Å²) in [5, 5.41) is 8.15. The second-order valence-corrected chi connectivity index (χ2v) is 7.00. The molecule has 0 bridgehead atoms. The summed E-state index contributed by atoms with van der Waals surface area (Å²) in [6.45, 7) is 1.82. The van der Waals surface area contributed by atoms with E-state index >= 15 is 0 Å². The van der Waals surface area contributed by atoms with Crippen molar-refractivity contribution in [1.82, 2.24) is 20.1 Å². The number of aromatic amines is 1. The van der Waals surface area contributed by atoms with Crippen molar-refractivity contribution in [3.8, 4) is 5.69 Å². The standard InChI is InChI=1S/C23H22N4O3/c1-15-19(14-25-27(15)17-8-4-3-5-9-17)22(28)26-21(23(29)30-2)12-16-13-24-20-11-7-6-10-18(16)20/h3-11,13-14,21,24H,12H2,1-2H3,(H,26,28). The second kappa shape index (κ2) is 8.24. The number of aromatic nitrogens is 3.